The van der Waals surface area contributed by atoms with Crippen LogP contribution in [-0.2, 0) is 4.79 Å². The lowest BCUT2D eigenvalue weighted by Crippen LogP contribution is -2.28. The van der Waals surface area contributed by atoms with Gasteiger partial charge >= 0.3 is 0 Å². The van der Waals surface area contributed by atoms with E-state index in [0.717, 1.165) is 21.5 Å². The van der Waals surface area contributed by atoms with Gasteiger partial charge in [-0.2, -0.15) is 0 Å². The van der Waals surface area contributed by atoms with Crippen LogP contribution < -0.4 is 5.32 Å². The lowest BCUT2D eigenvalue weighted by molar-refractivity contribution is -0.119. The lowest BCUT2D eigenvalue weighted by Gasteiger charge is -2.14. The Hall–Kier alpha value is -2.04. The smallest absolute Gasteiger partial charge is 0.230 e. The van der Waals surface area contributed by atoms with Crippen molar-refractivity contribution in [3.8, 4) is 0 Å². The summed E-state index contributed by atoms with van der Waals surface area (Å²) in [5, 5.41) is 5.63. The number of carbonyl (C=O) groups excluding carboxylic acids is 1. The zero-order valence-electron chi connectivity index (χ0n) is 13.2. The summed E-state index contributed by atoms with van der Waals surface area (Å²) in [5.74, 6) is 0.320. The maximum absolute atomic E-state index is 12.1. The first-order valence-electron chi connectivity index (χ1n) is 7.65. The quantitative estimate of drug-likeness (QED) is 0.664. The second kappa shape index (κ2) is 7.69. The van der Waals surface area contributed by atoms with Crippen molar-refractivity contribution < 1.29 is 4.79 Å². The van der Waals surface area contributed by atoms with Gasteiger partial charge in [0, 0.05) is 10.4 Å². The molecule has 1 unspecified atom stereocenters. The fourth-order valence-corrected chi connectivity index (χ4v) is 3.20. The molecule has 122 valence electrons. The van der Waals surface area contributed by atoms with Crippen LogP contribution in [0.15, 0.2) is 65.7 Å². The van der Waals surface area contributed by atoms with Crippen LogP contribution >= 0.6 is 23.4 Å². The number of nitrogens with zero attached hydrogens (tertiary/aromatic N) is 1. The molecule has 1 aromatic heterocycles. The van der Waals surface area contributed by atoms with Crippen LogP contribution in [0.2, 0.25) is 5.02 Å². The summed E-state index contributed by atoms with van der Waals surface area (Å²) in [5.41, 5.74) is 1.97. The van der Waals surface area contributed by atoms with Crippen molar-refractivity contribution in [1.82, 2.24) is 10.3 Å². The minimum absolute atomic E-state index is 0.0163. The molecular weight excluding hydrogens is 340 g/mol. The van der Waals surface area contributed by atoms with Crippen LogP contribution in [0.5, 0.6) is 0 Å². The SMILES string of the molecule is CC(NC(=O)CSc1ccc2ccccc2n1)c1ccc(Cl)cc1. The molecule has 0 aliphatic heterocycles. The van der Waals surface area contributed by atoms with E-state index >= 15 is 0 Å². The molecule has 3 nitrogen and oxygen atoms in total. The van der Waals surface area contributed by atoms with Gasteiger partial charge in [0.25, 0.3) is 0 Å². The Bertz CT molecular complexity index is 851. The summed E-state index contributed by atoms with van der Waals surface area (Å²) >= 11 is 7.32. The first-order chi connectivity index (χ1) is 11.6. The fourth-order valence-electron chi connectivity index (χ4n) is 2.39. The molecule has 1 amide bonds. The van der Waals surface area contributed by atoms with Gasteiger partial charge in [0.15, 0.2) is 0 Å². The molecule has 0 radical (unpaired) electrons. The van der Waals surface area contributed by atoms with Crippen LogP contribution in [0.25, 0.3) is 10.9 Å². The number of pyridine rings is 1. The highest BCUT2D eigenvalue weighted by Crippen LogP contribution is 2.20. The Balaban J connectivity index is 1.57. The summed E-state index contributed by atoms with van der Waals surface area (Å²) in [4.78, 5) is 16.7. The molecule has 0 bridgehead atoms. The molecule has 0 saturated carbocycles. The number of aromatic nitrogens is 1. The summed E-state index contributed by atoms with van der Waals surface area (Å²) < 4.78 is 0. The largest absolute Gasteiger partial charge is 0.349 e. The number of carbonyl (C=O) groups is 1. The average Bonchev–Trinajstić information content (AvgIpc) is 2.60. The number of hydrogen-bond donors (Lipinski definition) is 1. The van der Waals surface area contributed by atoms with E-state index in [2.05, 4.69) is 10.3 Å². The van der Waals surface area contributed by atoms with Gasteiger partial charge in [0.05, 0.1) is 22.3 Å². The molecule has 0 spiro atoms. The molecule has 24 heavy (non-hydrogen) atoms. The second-order valence-electron chi connectivity index (χ2n) is 5.47. The van der Waals surface area contributed by atoms with E-state index in [1.165, 1.54) is 11.8 Å². The van der Waals surface area contributed by atoms with Gasteiger partial charge in [-0.25, -0.2) is 4.98 Å². The molecule has 5 heteroatoms. The van der Waals surface area contributed by atoms with Gasteiger partial charge in [0.1, 0.15) is 0 Å². The van der Waals surface area contributed by atoms with Gasteiger partial charge < -0.3 is 5.32 Å². The first-order valence-corrected chi connectivity index (χ1v) is 9.01. The topological polar surface area (TPSA) is 42.0 Å². The van der Waals surface area contributed by atoms with Gasteiger partial charge in [-0.05, 0) is 36.8 Å². The van der Waals surface area contributed by atoms with Crippen LogP contribution in [0, 0.1) is 0 Å². The van der Waals surface area contributed by atoms with E-state index < -0.39 is 0 Å². The molecule has 0 aliphatic rings. The Kier molecular flexibility index (Phi) is 5.38. The van der Waals surface area contributed by atoms with E-state index in [1.807, 2.05) is 67.6 Å². The van der Waals surface area contributed by atoms with Crippen LogP contribution in [0.3, 0.4) is 0 Å². The van der Waals surface area contributed by atoms with Crippen LogP contribution in [-0.4, -0.2) is 16.6 Å². The van der Waals surface area contributed by atoms with E-state index in [1.54, 1.807) is 0 Å². The van der Waals surface area contributed by atoms with Crippen LogP contribution in [0.1, 0.15) is 18.5 Å². The zero-order chi connectivity index (χ0) is 16.9. The van der Waals surface area contributed by atoms with Gasteiger partial charge in [-0.15, -0.1) is 0 Å². The van der Waals surface area contributed by atoms with E-state index in [9.17, 15) is 4.79 Å². The third kappa shape index (κ3) is 4.28. The van der Waals surface area contributed by atoms with Crippen molar-refractivity contribution in [3.63, 3.8) is 0 Å². The highest BCUT2D eigenvalue weighted by Gasteiger charge is 2.10. The van der Waals surface area contributed by atoms with Crippen molar-refractivity contribution in [1.29, 1.82) is 0 Å². The summed E-state index contributed by atoms with van der Waals surface area (Å²) in [6.07, 6.45) is 0. The third-order valence-corrected chi connectivity index (χ3v) is 4.85. The second-order valence-corrected chi connectivity index (χ2v) is 6.90. The predicted octanol–water partition coefficient (Wildman–Crippen LogP) is 4.86. The standard InChI is InChI=1S/C19H17ClN2OS/c1-13(14-6-9-16(20)10-7-14)21-18(23)12-24-19-11-8-15-4-2-3-5-17(15)22-19/h2-11,13H,12H2,1H3,(H,21,23). The zero-order valence-corrected chi connectivity index (χ0v) is 14.8. The summed E-state index contributed by atoms with van der Waals surface area (Å²) in [6, 6.07) is 19.4. The molecular formula is C19H17ClN2OS. The lowest BCUT2D eigenvalue weighted by atomic mass is 10.1. The highest BCUT2D eigenvalue weighted by atomic mass is 35.5. The summed E-state index contributed by atoms with van der Waals surface area (Å²) in [6.45, 7) is 1.96. The minimum atomic E-state index is -0.0556. The molecule has 0 aliphatic carbocycles. The number of nitrogens with one attached hydrogen (secondary N) is 1. The van der Waals surface area contributed by atoms with Crippen molar-refractivity contribution in [2.24, 2.45) is 0 Å². The Morgan fingerprint density at radius 2 is 1.88 bits per heavy atom. The number of rotatable bonds is 5. The van der Waals surface area contributed by atoms with Crippen molar-refractivity contribution in [3.05, 3.63) is 71.2 Å². The number of hydrogen-bond acceptors (Lipinski definition) is 3. The number of fused-ring (bicyclic) bond motifs is 1. The van der Waals surface area contributed by atoms with Gasteiger partial charge in [-0.1, -0.05) is 59.8 Å². The Morgan fingerprint density at radius 3 is 2.67 bits per heavy atom. The molecule has 2 aromatic carbocycles. The summed E-state index contributed by atoms with van der Waals surface area (Å²) in [7, 11) is 0. The number of amides is 1. The molecule has 3 rings (SSSR count). The van der Waals surface area contributed by atoms with Gasteiger partial charge in [-0.3, -0.25) is 4.79 Å². The Morgan fingerprint density at radius 1 is 1.12 bits per heavy atom. The number of thioether (sulfide) groups is 1. The number of halogens is 1. The molecule has 1 atom stereocenters. The average molecular weight is 357 g/mol. The van der Waals surface area contributed by atoms with E-state index in [0.29, 0.717) is 10.8 Å². The monoisotopic (exact) mass is 356 g/mol. The van der Waals surface area contributed by atoms with Gasteiger partial charge in [0.2, 0.25) is 5.91 Å². The van der Waals surface area contributed by atoms with Crippen LogP contribution in [0.4, 0.5) is 0 Å². The highest BCUT2D eigenvalue weighted by molar-refractivity contribution is 7.99. The van der Waals surface area contributed by atoms with E-state index in [4.69, 9.17) is 11.6 Å². The Labute approximate surface area is 150 Å². The fraction of sp³-hybridized carbons (Fsp3) is 0.158. The molecule has 1 N–H and O–H groups in total. The molecule has 0 fully saturated rings. The van der Waals surface area contributed by atoms with Crippen molar-refractivity contribution >= 4 is 40.2 Å². The number of para-hydroxylation sites is 1. The molecule has 0 saturated heterocycles. The van der Waals surface area contributed by atoms with Crippen molar-refractivity contribution in [2.45, 2.75) is 18.0 Å². The predicted molar refractivity (Wildman–Crippen MR) is 100 cm³/mol. The normalized spacial score (nSPS) is 12.1. The maximum atomic E-state index is 12.1. The number of benzene rings is 2. The maximum Gasteiger partial charge on any atom is 0.230 e. The molecule has 1 heterocycles. The minimum Gasteiger partial charge on any atom is -0.349 e. The van der Waals surface area contributed by atoms with E-state index in [-0.39, 0.29) is 11.9 Å². The third-order valence-electron chi connectivity index (χ3n) is 3.67. The molecule has 3 aromatic rings. The first kappa shape index (κ1) is 16.8. The van der Waals surface area contributed by atoms with Crippen molar-refractivity contribution in [2.75, 3.05) is 5.75 Å².